The number of amides is 2. The number of carbonyl (C=O) groups excluding carboxylic acids is 2. The fraction of sp³-hybridized carbons (Fsp3) is 0.600. The number of primary amides is 1. The Hall–Kier alpha value is -2.24. The van der Waals surface area contributed by atoms with Gasteiger partial charge in [-0.05, 0) is 68.4 Å². The molecule has 4 aliphatic rings. The highest BCUT2D eigenvalue weighted by atomic mass is 16.5. The van der Waals surface area contributed by atoms with Crippen LogP contribution >= 0.6 is 0 Å². The van der Waals surface area contributed by atoms with Gasteiger partial charge in [0.25, 0.3) is 11.8 Å². The fourth-order valence-electron chi connectivity index (χ4n) is 5.75. The first kappa shape index (κ1) is 17.2. The number of nitrogens with two attached hydrogens (primary N) is 1. The standard InChI is InChI=1S/C20H26N2O4/c1-25-16-4-2-3-15(19(21)24)18(16)26-11-17(23)22-20-8-12-5-13(9-20)7-14(6-12)10-20/h2-4,12-14H,5-11H2,1H3,(H2,21,24)(H,22,23). The summed E-state index contributed by atoms with van der Waals surface area (Å²) in [5.41, 5.74) is 5.57. The molecule has 0 aliphatic heterocycles. The quantitative estimate of drug-likeness (QED) is 0.816. The molecule has 1 aromatic carbocycles. The van der Waals surface area contributed by atoms with Gasteiger partial charge in [-0.1, -0.05) is 6.07 Å². The summed E-state index contributed by atoms with van der Waals surface area (Å²) < 4.78 is 10.9. The third-order valence-electron chi connectivity index (χ3n) is 6.25. The molecule has 140 valence electrons. The topological polar surface area (TPSA) is 90.7 Å². The van der Waals surface area contributed by atoms with Crippen molar-refractivity contribution >= 4 is 11.8 Å². The van der Waals surface area contributed by atoms with Crippen molar-refractivity contribution < 1.29 is 19.1 Å². The van der Waals surface area contributed by atoms with Crippen molar-refractivity contribution in [3.63, 3.8) is 0 Å². The number of rotatable bonds is 6. The molecule has 0 spiro atoms. The second-order valence-electron chi connectivity index (χ2n) is 8.24. The normalized spacial score (nSPS) is 31.5. The van der Waals surface area contributed by atoms with Gasteiger partial charge in [0.15, 0.2) is 18.1 Å². The van der Waals surface area contributed by atoms with Crippen molar-refractivity contribution in [1.29, 1.82) is 0 Å². The SMILES string of the molecule is COc1cccc(C(N)=O)c1OCC(=O)NC12CC3CC(CC(C3)C1)C2. The number of para-hydroxylation sites is 1. The zero-order chi connectivity index (χ0) is 18.3. The van der Waals surface area contributed by atoms with Gasteiger partial charge in [-0.25, -0.2) is 0 Å². The largest absolute Gasteiger partial charge is 0.493 e. The molecule has 0 atom stereocenters. The van der Waals surface area contributed by atoms with Gasteiger partial charge in [0.2, 0.25) is 0 Å². The van der Waals surface area contributed by atoms with Gasteiger partial charge in [0, 0.05) is 5.54 Å². The first-order chi connectivity index (χ1) is 12.5. The molecule has 26 heavy (non-hydrogen) atoms. The van der Waals surface area contributed by atoms with E-state index in [0.29, 0.717) is 5.75 Å². The Morgan fingerprint density at radius 1 is 1.15 bits per heavy atom. The minimum atomic E-state index is -0.611. The van der Waals surface area contributed by atoms with E-state index in [1.54, 1.807) is 18.2 Å². The van der Waals surface area contributed by atoms with E-state index in [1.165, 1.54) is 26.4 Å². The van der Waals surface area contributed by atoms with Gasteiger partial charge >= 0.3 is 0 Å². The molecular formula is C20H26N2O4. The van der Waals surface area contributed by atoms with Crippen LogP contribution < -0.4 is 20.5 Å². The van der Waals surface area contributed by atoms with Gasteiger partial charge in [-0.15, -0.1) is 0 Å². The summed E-state index contributed by atoms with van der Waals surface area (Å²) in [5, 5.41) is 3.26. The van der Waals surface area contributed by atoms with Gasteiger partial charge in [-0.3, -0.25) is 9.59 Å². The third-order valence-corrected chi connectivity index (χ3v) is 6.25. The van der Waals surface area contributed by atoms with Gasteiger partial charge in [0.05, 0.1) is 12.7 Å². The molecule has 3 N–H and O–H groups in total. The van der Waals surface area contributed by atoms with E-state index in [2.05, 4.69) is 5.32 Å². The van der Waals surface area contributed by atoms with Crippen molar-refractivity contribution in [1.82, 2.24) is 5.32 Å². The van der Waals surface area contributed by atoms with E-state index in [4.69, 9.17) is 15.2 Å². The molecule has 0 unspecified atom stereocenters. The average Bonchev–Trinajstić information content (AvgIpc) is 2.57. The maximum Gasteiger partial charge on any atom is 0.258 e. The Balaban J connectivity index is 1.43. The van der Waals surface area contributed by atoms with Gasteiger partial charge < -0.3 is 20.5 Å². The average molecular weight is 358 g/mol. The Morgan fingerprint density at radius 2 is 1.77 bits per heavy atom. The second kappa shape index (κ2) is 6.49. The smallest absolute Gasteiger partial charge is 0.258 e. The first-order valence-electron chi connectivity index (χ1n) is 9.38. The number of hydrogen-bond acceptors (Lipinski definition) is 4. The number of benzene rings is 1. The van der Waals surface area contributed by atoms with Crippen LogP contribution in [0.2, 0.25) is 0 Å². The number of nitrogens with one attached hydrogen (secondary N) is 1. The van der Waals surface area contributed by atoms with Crippen LogP contribution in [-0.4, -0.2) is 31.1 Å². The Labute approximate surface area is 153 Å². The third kappa shape index (κ3) is 3.13. The molecule has 4 fully saturated rings. The number of methoxy groups -OCH3 is 1. The molecule has 6 heteroatoms. The van der Waals surface area contributed by atoms with Crippen LogP contribution in [0.25, 0.3) is 0 Å². The summed E-state index contributed by atoms with van der Waals surface area (Å²) in [7, 11) is 1.49. The highest BCUT2D eigenvalue weighted by Crippen LogP contribution is 2.55. The monoisotopic (exact) mass is 358 g/mol. The van der Waals surface area contributed by atoms with Crippen LogP contribution in [0.3, 0.4) is 0 Å². The molecule has 4 saturated carbocycles. The predicted octanol–water partition coefficient (Wildman–Crippen LogP) is 2.26. The van der Waals surface area contributed by atoms with E-state index >= 15 is 0 Å². The van der Waals surface area contributed by atoms with Crippen LogP contribution in [0.5, 0.6) is 11.5 Å². The van der Waals surface area contributed by atoms with Crippen molar-refractivity contribution in [2.75, 3.05) is 13.7 Å². The second-order valence-corrected chi connectivity index (χ2v) is 8.24. The van der Waals surface area contributed by atoms with E-state index < -0.39 is 5.91 Å². The fourth-order valence-corrected chi connectivity index (χ4v) is 5.75. The molecule has 0 radical (unpaired) electrons. The Bertz CT molecular complexity index is 695. The first-order valence-corrected chi connectivity index (χ1v) is 9.38. The molecule has 0 heterocycles. The summed E-state index contributed by atoms with van der Waals surface area (Å²) in [5.74, 6) is 2.15. The maximum atomic E-state index is 12.6. The molecule has 5 rings (SSSR count). The molecule has 4 bridgehead atoms. The minimum absolute atomic E-state index is 0.0531. The van der Waals surface area contributed by atoms with Gasteiger partial charge in [0.1, 0.15) is 0 Å². The van der Waals surface area contributed by atoms with E-state index in [0.717, 1.165) is 37.0 Å². The summed E-state index contributed by atoms with van der Waals surface area (Å²) in [4.78, 5) is 24.2. The van der Waals surface area contributed by atoms with Crippen LogP contribution in [0.1, 0.15) is 48.9 Å². The zero-order valence-electron chi connectivity index (χ0n) is 15.1. The van der Waals surface area contributed by atoms with Crippen molar-refractivity contribution in [3.05, 3.63) is 23.8 Å². The Kier molecular flexibility index (Phi) is 4.29. The lowest BCUT2D eigenvalue weighted by atomic mass is 9.53. The van der Waals surface area contributed by atoms with Crippen LogP contribution in [0, 0.1) is 17.8 Å². The molecule has 1 aromatic rings. The molecule has 6 nitrogen and oxygen atoms in total. The summed E-state index contributed by atoms with van der Waals surface area (Å²) in [6, 6.07) is 4.91. The van der Waals surface area contributed by atoms with Crippen molar-refractivity contribution in [2.24, 2.45) is 23.5 Å². The lowest BCUT2D eigenvalue weighted by Crippen LogP contribution is -2.60. The summed E-state index contributed by atoms with van der Waals surface area (Å²) in [6.45, 7) is -0.150. The lowest BCUT2D eigenvalue weighted by Gasteiger charge is -2.56. The van der Waals surface area contributed by atoms with Gasteiger partial charge in [-0.2, -0.15) is 0 Å². The predicted molar refractivity (Wildman–Crippen MR) is 96.1 cm³/mol. The van der Waals surface area contributed by atoms with Crippen molar-refractivity contribution in [2.45, 2.75) is 44.1 Å². The lowest BCUT2D eigenvalue weighted by molar-refractivity contribution is -0.128. The molecule has 0 aromatic heterocycles. The van der Waals surface area contributed by atoms with Crippen LogP contribution in [0.15, 0.2) is 18.2 Å². The zero-order valence-corrected chi connectivity index (χ0v) is 15.1. The highest BCUT2D eigenvalue weighted by molar-refractivity contribution is 5.96. The number of carbonyl (C=O) groups is 2. The van der Waals surface area contributed by atoms with Crippen molar-refractivity contribution in [3.8, 4) is 11.5 Å². The van der Waals surface area contributed by atoms with Crippen LogP contribution in [0.4, 0.5) is 0 Å². The number of hydrogen-bond donors (Lipinski definition) is 2. The minimum Gasteiger partial charge on any atom is -0.493 e. The van der Waals surface area contributed by atoms with E-state index in [-0.39, 0.29) is 29.4 Å². The Morgan fingerprint density at radius 3 is 2.31 bits per heavy atom. The number of ether oxygens (including phenoxy) is 2. The van der Waals surface area contributed by atoms with E-state index in [1.807, 2.05) is 0 Å². The molecule has 4 aliphatic carbocycles. The molecule has 2 amide bonds. The summed E-state index contributed by atoms with van der Waals surface area (Å²) >= 11 is 0. The van der Waals surface area contributed by atoms with Crippen LogP contribution in [-0.2, 0) is 4.79 Å². The van der Waals surface area contributed by atoms with E-state index in [9.17, 15) is 9.59 Å². The molecule has 0 saturated heterocycles. The highest BCUT2D eigenvalue weighted by Gasteiger charge is 2.51. The molecular weight excluding hydrogens is 332 g/mol. The maximum absolute atomic E-state index is 12.6. The summed E-state index contributed by atoms with van der Waals surface area (Å²) in [6.07, 6.45) is 7.25.